The number of nitrogens with one attached hydrogen (secondary N) is 2. The summed E-state index contributed by atoms with van der Waals surface area (Å²) in [6.45, 7) is 12.0. The third-order valence-electron chi connectivity index (χ3n) is 9.23. The molecule has 1 aliphatic rings. The molecule has 0 spiro atoms. The number of aryl methyl sites for hydroxylation is 1. The average Bonchev–Trinajstić information content (AvgIpc) is 3.13. The Labute approximate surface area is 319 Å². The molecule has 3 aromatic rings. The third-order valence-corrected chi connectivity index (χ3v) is 9.23. The van der Waals surface area contributed by atoms with Gasteiger partial charge in [-0.1, -0.05) is 44.7 Å². The molecular weight excluding hydrogens is 688 g/mol. The number of carbonyl (C=O) groups is 3. The van der Waals surface area contributed by atoms with Crippen LogP contribution in [0.2, 0.25) is 0 Å². The summed E-state index contributed by atoms with van der Waals surface area (Å²) in [7, 11) is 1.99. The highest BCUT2D eigenvalue weighted by Gasteiger charge is 2.31. The molecule has 0 aliphatic carbocycles. The fourth-order valence-corrected chi connectivity index (χ4v) is 6.45. The van der Waals surface area contributed by atoms with Crippen LogP contribution in [0.25, 0.3) is 0 Å². The van der Waals surface area contributed by atoms with Crippen LogP contribution in [-0.4, -0.2) is 97.6 Å². The Kier molecular flexibility index (Phi) is 16.5. The normalized spacial score (nSPS) is 14.1. The fraction of sp³-hybridized carbons (Fsp3) is 0.465. The molecule has 0 radical (unpaired) electrons. The SMILES string of the molecule is CCCC#Cc1cccc(CNC[C@H](OC(=O)N2CCN(C)CC2)C(Cc2cc(F)cc(F)c2)NC(=O)c2cc(C)cc(C(=O)N(CCC)CCC)c2)c1. The van der Waals surface area contributed by atoms with Gasteiger partial charge in [-0.25, -0.2) is 13.6 Å². The Morgan fingerprint density at radius 3 is 2.22 bits per heavy atom. The largest absolute Gasteiger partial charge is 0.443 e. The lowest BCUT2D eigenvalue weighted by Crippen LogP contribution is -2.53. The first-order valence-corrected chi connectivity index (χ1v) is 19.1. The second-order valence-electron chi connectivity index (χ2n) is 14.0. The molecule has 54 heavy (non-hydrogen) atoms. The molecule has 1 saturated heterocycles. The highest BCUT2D eigenvalue weighted by molar-refractivity contribution is 6.00. The summed E-state index contributed by atoms with van der Waals surface area (Å²) in [5.74, 6) is 4.17. The summed E-state index contributed by atoms with van der Waals surface area (Å²) < 4.78 is 35.1. The number of ether oxygens (including phenoxy) is 1. The average molecular weight is 744 g/mol. The van der Waals surface area contributed by atoms with Gasteiger partial charge >= 0.3 is 6.09 Å². The Hall–Kier alpha value is -4.79. The minimum atomic E-state index is -0.949. The maximum Gasteiger partial charge on any atom is 0.410 e. The zero-order valence-electron chi connectivity index (χ0n) is 32.4. The topological polar surface area (TPSA) is 94.2 Å². The van der Waals surface area contributed by atoms with Crippen LogP contribution < -0.4 is 10.6 Å². The van der Waals surface area contributed by atoms with Crippen LogP contribution in [0.1, 0.15) is 89.4 Å². The molecule has 1 unspecified atom stereocenters. The predicted octanol–water partition coefficient (Wildman–Crippen LogP) is 6.57. The Balaban J connectivity index is 1.66. The molecular formula is C43H55F2N5O4. The zero-order valence-corrected chi connectivity index (χ0v) is 32.4. The van der Waals surface area contributed by atoms with Crippen LogP contribution in [0.5, 0.6) is 0 Å². The lowest BCUT2D eigenvalue weighted by atomic mass is 9.99. The maximum atomic E-state index is 14.5. The summed E-state index contributed by atoms with van der Waals surface area (Å²) in [5.41, 5.74) is 3.51. The van der Waals surface area contributed by atoms with Gasteiger partial charge in [-0.05, 0) is 98.8 Å². The van der Waals surface area contributed by atoms with Crippen molar-refractivity contribution in [1.29, 1.82) is 0 Å². The standard InChI is InChI=1S/C43H55F2N5O4/c1-6-9-10-12-32-13-11-14-33(23-32)29-46-30-40(54-43(53)50-19-17-48(5)18-20-50)39(26-34-24-37(44)28-38(45)25-34)47-41(51)35-21-31(4)22-36(27-35)42(52)49(15-7-2)16-8-3/h11,13-14,21-25,27-28,39-40,46H,6-9,15-20,26,29-30H2,1-5H3,(H,47,51)/t39?,40-/m0/s1. The number of hydrogen-bond donors (Lipinski definition) is 2. The Bertz CT molecular complexity index is 1760. The van der Waals surface area contributed by atoms with E-state index < -0.39 is 35.8 Å². The number of amides is 3. The number of rotatable bonds is 16. The summed E-state index contributed by atoms with van der Waals surface area (Å²) in [6, 6.07) is 15.2. The first kappa shape index (κ1) is 42.0. The summed E-state index contributed by atoms with van der Waals surface area (Å²) in [5, 5.41) is 6.41. The van der Waals surface area contributed by atoms with Crippen molar-refractivity contribution in [3.8, 4) is 11.8 Å². The summed E-state index contributed by atoms with van der Waals surface area (Å²) >= 11 is 0. The number of benzene rings is 3. The monoisotopic (exact) mass is 743 g/mol. The molecule has 0 bridgehead atoms. The fourth-order valence-electron chi connectivity index (χ4n) is 6.45. The van der Waals surface area contributed by atoms with Gasteiger partial charge < -0.3 is 30.1 Å². The molecule has 2 atom stereocenters. The van der Waals surface area contributed by atoms with E-state index in [1.807, 2.05) is 52.1 Å². The number of unbranched alkanes of at least 4 members (excludes halogenated alkanes) is 1. The highest BCUT2D eigenvalue weighted by atomic mass is 19.1. The quantitative estimate of drug-likeness (QED) is 0.161. The molecule has 9 nitrogen and oxygen atoms in total. The Morgan fingerprint density at radius 2 is 1.56 bits per heavy atom. The number of halogens is 2. The second-order valence-corrected chi connectivity index (χ2v) is 14.0. The van der Waals surface area contributed by atoms with Gasteiger partial charge in [0.15, 0.2) is 0 Å². The number of nitrogens with zero attached hydrogens (tertiary/aromatic N) is 3. The van der Waals surface area contributed by atoms with Crippen LogP contribution in [0.15, 0.2) is 60.7 Å². The molecule has 1 aliphatic heterocycles. The van der Waals surface area contributed by atoms with E-state index in [2.05, 4.69) is 34.3 Å². The maximum absolute atomic E-state index is 14.5. The molecule has 1 fully saturated rings. The number of carbonyl (C=O) groups excluding carboxylic acids is 3. The van der Waals surface area contributed by atoms with E-state index in [9.17, 15) is 23.2 Å². The van der Waals surface area contributed by atoms with Gasteiger partial charge in [-0.2, -0.15) is 0 Å². The van der Waals surface area contributed by atoms with Gasteiger partial charge in [0.05, 0.1) is 6.04 Å². The smallest absolute Gasteiger partial charge is 0.410 e. The van der Waals surface area contributed by atoms with Crippen LogP contribution in [0.3, 0.4) is 0 Å². The molecule has 1 heterocycles. The van der Waals surface area contributed by atoms with Crippen molar-refractivity contribution < 1.29 is 27.9 Å². The minimum absolute atomic E-state index is 0.0380. The van der Waals surface area contributed by atoms with Crippen LogP contribution in [-0.2, 0) is 17.7 Å². The van der Waals surface area contributed by atoms with Crippen molar-refractivity contribution >= 4 is 17.9 Å². The van der Waals surface area contributed by atoms with Crippen molar-refractivity contribution in [2.45, 2.75) is 78.5 Å². The molecule has 3 aromatic carbocycles. The summed E-state index contributed by atoms with van der Waals surface area (Å²) in [4.78, 5) is 46.8. The number of piperazine rings is 1. The predicted molar refractivity (Wildman–Crippen MR) is 208 cm³/mol. The Morgan fingerprint density at radius 1 is 0.870 bits per heavy atom. The van der Waals surface area contributed by atoms with Gasteiger partial charge in [-0.15, -0.1) is 0 Å². The van der Waals surface area contributed by atoms with Crippen LogP contribution in [0, 0.1) is 30.4 Å². The van der Waals surface area contributed by atoms with E-state index in [0.717, 1.165) is 48.4 Å². The first-order chi connectivity index (χ1) is 26.0. The first-order valence-electron chi connectivity index (χ1n) is 19.1. The van der Waals surface area contributed by atoms with E-state index in [1.54, 1.807) is 28.0 Å². The highest BCUT2D eigenvalue weighted by Crippen LogP contribution is 2.18. The van der Waals surface area contributed by atoms with Gasteiger partial charge in [0.25, 0.3) is 11.8 Å². The van der Waals surface area contributed by atoms with E-state index in [1.165, 1.54) is 12.1 Å². The number of likely N-dealkylation sites (N-methyl/N-ethyl adjacent to an activating group) is 1. The minimum Gasteiger partial charge on any atom is -0.443 e. The molecule has 3 amide bonds. The van der Waals surface area contributed by atoms with E-state index in [-0.39, 0.29) is 30.0 Å². The van der Waals surface area contributed by atoms with Crippen molar-refractivity contribution in [1.82, 2.24) is 25.3 Å². The van der Waals surface area contributed by atoms with Crippen molar-refractivity contribution in [2.24, 2.45) is 0 Å². The molecule has 2 N–H and O–H groups in total. The summed E-state index contributed by atoms with van der Waals surface area (Å²) in [6.07, 6.45) is 1.86. The van der Waals surface area contributed by atoms with Gasteiger partial charge in [-0.3, -0.25) is 9.59 Å². The van der Waals surface area contributed by atoms with E-state index >= 15 is 0 Å². The van der Waals surface area contributed by atoms with Gasteiger partial charge in [0.2, 0.25) is 0 Å². The lowest BCUT2D eigenvalue weighted by molar-refractivity contribution is 0.0327. The lowest BCUT2D eigenvalue weighted by Gasteiger charge is -2.34. The zero-order chi connectivity index (χ0) is 39.0. The van der Waals surface area contributed by atoms with Crippen LogP contribution >= 0.6 is 0 Å². The van der Waals surface area contributed by atoms with Crippen molar-refractivity contribution in [3.63, 3.8) is 0 Å². The van der Waals surface area contributed by atoms with Crippen molar-refractivity contribution in [3.05, 3.63) is 106 Å². The van der Waals surface area contributed by atoms with E-state index in [0.29, 0.717) is 51.4 Å². The molecule has 11 heteroatoms. The second kappa shape index (κ2) is 21.2. The van der Waals surface area contributed by atoms with Gasteiger partial charge in [0.1, 0.15) is 17.7 Å². The van der Waals surface area contributed by atoms with Gasteiger partial charge in [0, 0.05) is 81.5 Å². The molecule has 0 saturated carbocycles. The molecule has 4 rings (SSSR count). The van der Waals surface area contributed by atoms with Crippen LogP contribution in [0.4, 0.5) is 13.6 Å². The van der Waals surface area contributed by atoms with E-state index in [4.69, 9.17) is 4.74 Å². The number of hydrogen-bond acceptors (Lipinski definition) is 6. The third kappa shape index (κ3) is 13.0. The van der Waals surface area contributed by atoms with Crippen molar-refractivity contribution in [2.75, 3.05) is 52.9 Å². The molecule has 0 aromatic heterocycles. The molecule has 290 valence electrons.